The summed E-state index contributed by atoms with van der Waals surface area (Å²) in [5, 5.41) is 37.7. The van der Waals surface area contributed by atoms with Gasteiger partial charge in [-0.15, -0.1) is 0 Å². The minimum atomic E-state index is -1.52. The molecule has 6 atom stereocenters. The molecule has 0 spiro atoms. The lowest BCUT2D eigenvalue weighted by Crippen LogP contribution is -2.51. The third kappa shape index (κ3) is 1.06. The van der Waals surface area contributed by atoms with Crippen molar-refractivity contribution in [3.8, 4) is 0 Å². The molecule has 6 nitrogen and oxygen atoms in total. The van der Waals surface area contributed by atoms with Crippen molar-refractivity contribution in [1.82, 2.24) is 0 Å². The molecule has 2 fully saturated rings. The molecule has 0 amide bonds. The molecule has 0 aromatic heterocycles. The Labute approximate surface area is 80.7 Å². The second-order valence-corrected chi connectivity index (χ2v) is 3.76. The number of hydrogen-bond acceptors (Lipinski definition) is 6. The summed E-state index contributed by atoms with van der Waals surface area (Å²) in [5.74, 6) is -0.696. The maximum Gasteiger partial charge on any atom is 0.184 e. The van der Waals surface area contributed by atoms with Gasteiger partial charge in [-0.2, -0.15) is 0 Å². The van der Waals surface area contributed by atoms with Crippen LogP contribution in [0.1, 0.15) is 0 Å². The van der Waals surface area contributed by atoms with Gasteiger partial charge in [-0.3, -0.25) is 0 Å². The lowest BCUT2D eigenvalue weighted by Gasteiger charge is -2.34. The summed E-state index contributed by atoms with van der Waals surface area (Å²) >= 11 is 0. The van der Waals surface area contributed by atoms with E-state index in [-0.39, 0.29) is 0 Å². The summed E-state index contributed by atoms with van der Waals surface area (Å²) in [7, 11) is 1.35. The number of aliphatic hydroxyl groups excluding tert-OH is 3. The predicted octanol–water partition coefficient (Wildman–Crippen LogP) is -2.57. The Hall–Kier alpha value is -0.240. The van der Waals surface area contributed by atoms with Crippen LogP contribution in [-0.4, -0.2) is 64.3 Å². The maximum atomic E-state index is 9.81. The van der Waals surface area contributed by atoms with E-state index in [0.717, 1.165) is 0 Å². The third-order valence-corrected chi connectivity index (χ3v) is 3.10. The van der Waals surface area contributed by atoms with Crippen molar-refractivity contribution in [2.45, 2.75) is 30.2 Å². The Morgan fingerprint density at radius 1 is 1.43 bits per heavy atom. The Kier molecular flexibility index (Phi) is 2.30. The van der Waals surface area contributed by atoms with E-state index in [2.05, 4.69) is 0 Å². The van der Waals surface area contributed by atoms with Gasteiger partial charge in [0.15, 0.2) is 6.29 Å². The molecule has 4 unspecified atom stereocenters. The average Bonchev–Trinajstić information content (AvgIpc) is 2.72. The topological polar surface area (TPSA) is 99.4 Å². The first-order chi connectivity index (χ1) is 6.57. The standard InChI is InChI=1S/C8H14O6/c1-13-7-5(10)4-6(11)8(4,12)3(2-9)14-7/h3-7,9-12H,2H2,1H3/t3?,4?,5?,6?,7-,8+/m0/s1. The van der Waals surface area contributed by atoms with E-state index in [9.17, 15) is 15.3 Å². The van der Waals surface area contributed by atoms with Crippen molar-refractivity contribution < 1.29 is 29.9 Å². The quantitative estimate of drug-likeness (QED) is 0.396. The van der Waals surface area contributed by atoms with E-state index in [1.165, 1.54) is 7.11 Å². The first-order valence-electron chi connectivity index (χ1n) is 4.45. The third-order valence-electron chi connectivity index (χ3n) is 3.10. The predicted molar refractivity (Wildman–Crippen MR) is 43.2 cm³/mol. The molecule has 14 heavy (non-hydrogen) atoms. The fraction of sp³-hybridized carbons (Fsp3) is 1.00. The molecule has 4 N–H and O–H groups in total. The van der Waals surface area contributed by atoms with E-state index in [1.54, 1.807) is 0 Å². The summed E-state index contributed by atoms with van der Waals surface area (Å²) in [6.45, 7) is -0.420. The van der Waals surface area contributed by atoms with Gasteiger partial charge in [-0.05, 0) is 0 Å². The molecule has 1 aliphatic heterocycles. The van der Waals surface area contributed by atoms with Crippen molar-refractivity contribution >= 4 is 0 Å². The van der Waals surface area contributed by atoms with Gasteiger partial charge in [0.1, 0.15) is 17.8 Å². The molecular formula is C8H14O6. The SMILES string of the molecule is CO[C@H]1OC(CO)[C@]2(O)C(O)C2C1O. The van der Waals surface area contributed by atoms with Crippen LogP contribution in [0, 0.1) is 5.92 Å². The van der Waals surface area contributed by atoms with Crippen LogP contribution < -0.4 is 0 Å². The zero-order chi connectivity index (χ0) is 10.5. The normalized spacial score (nSPS) is 56.8. The van der Waals surface area contributed by atoms with Gasteiger partial charge >= 0.3 is 0 Å². The summed E-state index contributed by atoms with van der Waals surface area (Å²) in [5.41, 5.74) is -1.52. The van der Waals surface area contributed by atoms with E-state index in [0.29, 0.717) is 0 Å². The highest BCUT2D eigenvalue weighted by Gasteiger charge is 2.75. The van der Waals surface area contributed by atoms with E-state index in [4.69, 9.17) is 14.6 Å². The van der Waals surface area contributed by atoms with Crippen molar-refractivity contribution in [2.75, 3.05) is 13.7 Å². The monoisotopic (exact) mass is 206 g/mol. The van der Waals surface area contributed by atoms with E-state index < -0.39 is 42.7 Å². The van der Waals surface area contributed by atoms with Gasteiger partial charge in [-0.1, -0.05) is 0 Å². The Bertz CT molecular complexity index is 230. The molecule has 1 saturated heterocycles. The van der Waals surface area contributed by atoms with Crippen LogP contribution in [0.5, 0.6) is 0 Å². The van der Waals surface area contributed by atoms with E-state index >= 15 is 0 Å². The molecule has 1 aliphatic carbocycles. The second-order valence-electron chi connectivity index (χ2n) is 3.76. The zero-order valence-electron chi connectivity index (χ0n) is 7.70. The van der Waals surface area contributed by atoms with Gasteiger partial charge < -0.3 is 29.9 Å². The van der Waals surface area contributed by atoms with Crippen molar-refractivity contribution in [3.63, 3.8) is 0 Å². The number of fused-ring (bicyclic) bond motifs is 1. The Balaban J connectivity index is 2.18. The average molecular weight is 206 g/mol. The van der Waals surface area contributed by atoms with Crippen LogP contribution in [0.25, 0.3) is 0 Å². The summed E-state index contributed by atoms with van der Waals surface area (Å²) < 4.78 is 9.91. The molecule has 2 aliphatic rings. The number of aliphatic hydroxyl groups is 4. The molecule has 0 radical (unpaired) electrons. The molecular weight excluding hydrogens is 192 g/mol. The molecule has 2 rings (SSSR count). The molecule has 82 valence electrons. The molecule has 0 aromatic carbocycles. The largest absolute Gasteiger partial charge is 0.394 e. The molecule has 1 heterocycles. The molecule has 6 heteroatoms. The highest BCUT2D eigenvalue weighted by Crippen LogP contribution is 2.53. The number of methoxy groups -OCH3 is 1. The van der Waals surface area contributed by atoms with Gasteiger partial charge in [0.05, 0.1) is 18.6 Å². The first kappa shape index (κ1) is 10.3. The fourth-order valence-electron chi connectivity index (χ4n) is 2.17. The minimum absolute atomic E-state index is 0.420. The highest BCUT2D eigenvalue weighted by molar-refractivity contribution is 5.22. The van der Waals surface area contributed by atoms with Crippen molar-refractivity contribution in [2.24, 2.45) is 5.92 Å². The lowest BCUT2D eigenvalue weighted by atomic mass is 10.0. The van der Waals surface area contributed by atoms with Crippen LogP contribution in [0.2, 0.25) is 0 Å². The van der Waals surface area contributed by atoms with Gasteiger partial charge in [-0.25, -0.2) is 0 Å². The highest BCUT2D eigenvalue weighted by atomic mass is 16.7. The fourth-order valence-corrected chi connectivity index (χ4v) is 2.17. The van der Waals surface area contributed by atoms with Crippen LogP contribution in [0.3, 0.4) is 0 Å². The van der Waals surface area contributed by atoms with E-state index in [1.807, 2.05) is 0 Å². The first-order valence-corrected chi connectivity index (χ1v) is 4.45. The number of rotatable bonds is 2. The van der Waals surface area contributed by atoms with Crippen LogP contribution in [-0.2, 0) is 9.47 Å². The van der Waals surface area contributed by atoms with Crippen LogP contribution >= 0.6 is 0 Å². The molecule has 1 saturated carbocycles. The van der Waals surface area contributed by atoms with Gasteiger partial charge in [0.25, 0.3) is 0 Å². The minimum Gasteiger partial charge on any atom is -0.394 e. The lowest BCUT2D eigenvalue weighted by molar-refractivity contribution is -0.265. The number of hydrogen-bond donors (Lipinski definition) is 4. The summed E-state index contributed by atoms with van der Waals surface area (Å²) in [6, 6.07) is 0. The molecule has 0 aromatic rings. The van der Waals surface area contributed by atoms with Crippen LogP contribution in [0.4, 0.5) is 0 Å². The van der Waals surface area contributed by atoms with Crippen LogP contribution in [0.15, 0.2) is 0 Å². The maximum absolute atomic E-state index is 9.81. The Morgan fingerprint density at radius 2 is 2.07 bits per heavy atom. The van der Waals surface area contributed by atoms with Crippen molar-refractivity contribution in [3.05, 3.63) is 0 Å². The van der Waals surface area contributed by atoms with Gasteiger partial charge in [0, 0.05) is 7.11 Å². The number of ether oxygens (including phenoxy) is 2. The summed E-state index contributed by atoms with van der Waals surface area (Å²) in [6.07, 6.45) is -3.94. The zero-order valence-corrected chi connectivity index (χ0v) is 7.70. The summed E-state index contributed by atoms with van der Waals surface area (Å²) in [4.78, 5) is 0. The second kappa shape index (κ2) is 3.13. The van der Waals surface area contributed by atoms with Crippen molar-refractivity contribution in [1.29, 1.82) is 0 Å². The smallest absolute Gasteiger partial charge is 0.184 e. The van der Waals surface area contributed by atoms with Gasteiger partial charge in [0.2, 0.25) is 0 Å². The Morgan fingerprint density at radius 3 is 2.57 bits per heavy atom. The molecule has 0 bridgehead atoms.